The second kappa shape index (κ2) is 6.55. The van der Waals surface area contributed by atoms with Crippen molar-refractivity contribution in [2.24, 2.45) is 11.3 Å². The minimum Gasteiger partial charge on any atom is -0.349 e. The van der Waals surface area contributed by atoms with E-state index in [0.29, 0.717) is 5.56 Å². The van der Waals surface area contributed by atoms with Gasteiger partial charge in [-0.2, -0.15) is 0 Å². The predicted octanol–water partition coefficient (Wildman–Crippen LogP) is 3.12. The Morgan fingerprint density at radius 2 is 2.09 bits per heavy atom. The molecular formula is C17H24ClFN2O. The number of amides is 1. The molecule has 2 aliphatic rings. The van der Waals surface area contributed by atoms with Crippen LogP contribution in [0.1, 0.15) is 43.4 Å². The normalized spacial score (nSPS) is 23.5. The topological polar surface area (TPSA) is 41.1 Å². The molecule has 22 heavy (non-hydrogen) atoms. The van der Waals surface area contributed by atoms with Crippen molar-refractivity contribution in [2.45, 2.75) is 39.2 Å². The van der Waals surface area contributed by atoms with E-state index >= 15 is 0 Å². The number of benzene rings is 1. The van der Waals surface area contributed by atoms with Crippen molar-refractivity contribution in [3.8, 4) is 0 Å². The highest BCUT2D eigenvalue weighted by atomic mass is 35.5. The molecule has 0 aromatic heterocycles. The van der Waals surface area contributed by atoms with Crippen LogP contribution in [-0.2, 0) is 4.79 Å². The molecule has 2 fully saturated rings. The number of halogens is 2. The SMILES string of the molecule is Cc1cc(C(C)NC(=O)C2CC23CCNCC3)ccc1F.Cl. The van der Waals surface area contributed by atoms with Crippen LogP contribution in [0, 0.1) is 24.1 Å². The molecule has 1 aliphatic carbocycles. The van der Waals surface area contributed by atoms with Crippen molar-refractivity contribution >= 4 is 18.3 Å². The summed E-state index contributed by atoms with van der Waals surface area (Å²) in [6.45, 7) is 5.76. The zero-order valence-electron chi connectivity index (χ0n) is 13.1. The third kappa shape index (κ3) is 3.28. The van der Waals surface area contributed by atoms with E-state index in [-0.39, 0.29) is 41.5 Å². The lowest BCUT2D eigenvalue weighted by molar-refractivity contribution is -0.123. The molecule has 3 rings (SSSR count). The minimum absolute atomic E-state index is 0. The summed E-state index contributed by atoms with van der Waals surface area (Å²) in [6, 6.07) is 4.96. The van der Waals surface area contributed by atoms with E-state index in [9.17, 15) is 9.18 Å². The zero-order valence-corrected chi connectivity index (χ0v) is 13.9. The fraction of sp³-hybridized carbons (Fsp3) is 0.588. The maximum Gasteiger partial charge on any atom is 0.224 e. The van der Waals surface area contributed by atoms with Gasteiger partial charge in [-0.1, -0.05) is 12.1 Å². The van der Waals surface area contributed by atoms with Gasteiger partial charge in [0.25, 0.3) is 0 Å². The highest BCUT2D eigenvalue weighted by Gasteiger charge is 2.57. The number of carbonyl (C=O) groups excluding carboxylic acids is 1. The second-order valence-electron chi connectivity index (χ2n) is 6.61. The Balaban J connectivity index is 0.00000176. The third-order valence-electron chi connectivity index (χ3n) is 5.15. The summed E-state index contributed by atoms with van der Waals surface area (Å²) in [5, 5.41) is 6.45. The zero-order chi connectivity index (χ0) is 15.0. The largest absolute Gasteiger partial charge is 0.349 e. The predicted molar refractivity (Wildman–Crippen MR) is 87.6 cm³/mol. The number of carbonyl (C=O) groups is 1. The van der Waals surface area contributed by atoms with Crippen LogP contribution in [0.5, 0.6) is 0 Å². The van der Waals surface area contributed by atoms with Crippen LogP contribution in [-0.4, -0.2) is 19.0 Å². The molecule has 1 aromatic carbocycles. The molecule has 5 heteroatoms. The molecule has 1 saturated heterocycles. The maximum atomic E-state index is 13.3. The van der Waals surface area contributed by atoms with Crippen LogP contribution in [0.25, 0.3) is 0 Å². The third-order valence-corrected chi connectivity index (χ3v) is 5.15. The molecule has 1 aromatic rings. The molecule has 2 N–H and O–H groups in total. The summed E-state index contributed by atoms with van der Waals surface area (Å²) in [7, 11) is 0. The summed E-state index contributed by atoms with van der Waals surface area (Å²) < 4.78 is 13.3. The summed E-state index contributed by atoms with van der Waals surface area (Å²) >= 11 is 0. The van der Waals surface area contributed by atoms with Gasteiger partial charge in [-0.05, 0) is 68.8 Å². The molecule has 3 nitrogen and oxygen atoms in total. The lowest BCUT2D eigenvalue weighted by Crippen LogP contribution is -2.34. The molecule has 1 saturated carbocycles. The molecule has 1 spiro atoms. The minimum atomic E-state index is -0.201. The van der Waals surface area contributed by atoms with Gasteiger partial charge < -0.3 is 10.6 Å². The number of hydrogen-bond donors (Lipinski definition) is 2. The summed E-state index contributed by atoms with van der Waals surface area (Å²) in [5.74, 6) is 0.128. The molecule has 0 bridgehead atoms. The Morgan fingerprint density at radius 1 is 1.41 bits per heavy atom. The first-order valence-electron chi connectivity index (χ1n) is 7.79. The molecule has 1 heterocycles. The average Bonchev–Trinajstić information content (AvgIpc) is 3.16. The van der Waals surface area contributed by atoms with Gasteiger partial charge in [0.15, 0.2) is 0 Å². The number of nitrogens with one attached hydrogen (secondary N) is 2. The highest BCUT2D eigenvalue weighted by molar-refractivity contribution is 5.85. The summed E-state index contributed by atoms with van der Waals surface area (Å²) in [4.78, 5) is 12.4. The fourth-order valence-electron chi connectivity index (χ4n) is 3.53. The number of rotatable bonds is 3. The molecule has 2 atom stereocenters. The lowest BCUT2D eigenvalue weighted by atomic mass is 9.91. The van der Waals surface area contributed by atoms with Gasteiger partial charge in [0.1, 0.15) is 5.82 Å². The molecule has 122 valence electrons. The van der Waals surface area contributed by atoms with E-state index in [1.165, 1.54) is 6.07 Å². The fourth-order valence-corrected chi connectivity index (χ4v) is 3.53. The van der Waals surface area contributed by atoms with Crippen molar-refractivity contribution in [3.63, 3.8) is 0 Å². The lowest BCUT2D eigenvalue weighted by Gasteiger charge is -2.24. The monoisotopic (exact) mass is 326 g/mol. The van der Waals surface area contributed by atoms with Crippen LogP contribution in [0.4, 0.5) is 4.39 Å². The molecule has 0 radical (unpaired) electrons. The summed E-state index contributed by atoms with van der Waals surface area (Å²) in [5.41, 5.74) is 1.84. The van der Waals surface area contributed by atoms with Crippen LogP contribution in [0.3, 0.4) is 0 Å². The molecule has 1 aliphatic heterocycles. The van der Waals surface area contributed by atoms with E-state index in [4.69, 9.17) is 0 Å². The van der Waals surface area contributed by atoms with Crippen molar-refractivity contribution in [1.82, 2.24) is 10.6 Å². The first-order valence-corrected chi connectivity index (χ1v) is 7.79. The van der Waals surface area contributed by atoms with E-state index in [1.807, 2.05) is 13.0 Å². The highest BCUT2D eigenvalue weighted by Crippen LogP contribution is 2.58. The molecule has 1 amide bonds. The standard InChI is InChI=1S/C17H23FN2O.ClH/c1-11-9-13(3-4-15(11)18)12(2)20-16(21)14-10-17(14)5-7-19-8-6-17;/h3-4,9,12,14,19H,5-8,10H2,1-2H3,(H,20,21);1H. The van der Waals surface area contributed by atoms with E-state index in [0.717, 1.165) is 37.9 Å². The van der Waals surface area contributed by atoms with Crippen LogP contribution < -0.4 is 10.6 Å². The Hall–Kier alpha value is -1.13. The molecular weight excluding hydrogens is 303 g/mol. The Morgan fingerprint density at radius 3 is 2.73 bits per heavy atom. The van der Waals surface area contributed by atoms with Gasteiger partial charge in [0.2, 0.25) is 5.91 Å². The van der Waals surface area contributed by atoms with Crippen molar-refractivity contribution in [3.05, 3.63) is 35.1 Å². The van der Waals surface area contributed by atoms with Gasteiger partial charge in [0, 0.05) is 5.92 Å². The van der Waals surface area contributed by atoms with Crippen molar-refractivity contribution < 1.29 is 9.18 Å². The van der Waals surface area contributed by atoms with E-state index < -0.39 is 0 Å². The van der Waals surface area contributed by atoms with Gasteiger partial charge in [-0.15, -0.1) is 12.4 Å². The van der Waals surface area contributed by atoms with Gasteiger partial charge >= 0.3 is 0 Å². The Labute approximate surface area is 137 Å². The first kappa shape index (κ1) is 17.2. The van der Waals surface area contributed by atoms with Gasteiger partial charge in [-0.3, -0.25) is 4.79 Å². The van der Waals surface area contributed by atoms with Gasteiger partial charge in [0.05, 0.1) is 6.04 Å². The number of hydrogen-bond acceptors (Lipinski definition) is 2. The van der Waals surface area contributed by atoms with Crippen molar-refractivity contribution in [2.75, 3.05) is 13.1 Å². The smallest absolute Gasteiger partial charge is 0.224 e. The van der Waals surface area contributed by atoms with E-state index in [2.05, 4.69) is 10.6 Å². The van der Waals surface area contributed by atoms with Crippen LogP contribution >= 0.6 is 12.4 Å². The van der Waals surface area contributed by atoms with Crippen molar-refractivity contribution in [1.29, 1.82) is 0 Å². The Kier molecular flexibility index (Phi) is 5.13. The molecule has 2 unspecified atom stereocenters. The van der Waals surface area contributed by atoms with E-state index in [1.54, 1.807) is 13.0 Å². The second-order valence-corrected chi connectivity index (χ2v) is 6.61. The maximum absolute atomic E-state index is 13.3. The van der Waals surface area contributed by atoms with Crippen LogP contribution in [0.2, 0.25) is 0 Å². The van der Waals surface area contributed by atoms with Gasteiger partial charge in [-0.25, -0.2) is 4.39 Å². The Bertz CT molecular complexity index is 558. The summed E-state index contributed by atoms with van der Waals surface area (Å²) in [6.07, 6.45) is 3.24. The number of aryl methyl sites for hydroxylation is 1. The quantitative estimate of drug-likeness (QED) is 0.896. The number of piperidine rings is 1. The first-order chi connectivity index (χ1) is 10.0. The van der Waals surface area contributed by atoms with Crippen LogP contribution in [0.15, 0.2) is 18.2 Å². The average molecular weight is 327 g/mol.